The Bertz CT molecular complexity index is 516. The van der Waals surface area contributed by atoms with Gasteiger partial charge in [0.2, 0.25) is 5.91 Å². The van der Waals surface area contributed by atoms with Gasteiger partial charge in [-0.05, 0) is 62.9 Å². The van der Waals surface area contributed by atoms with Gasteiger partial charge in [0.05, 0.1) is 6.61 Å². The number of carbonyl (C=O) groups is 1. The van der Waals surface area contributed by atoms with Gasteiger partial charge in [-0.15, -0.1) is 0 Å². The second-order valence-electron chi connectivity index (χ2n) is 6.10. The summed E-state index contributed by atoms with van der Waals surface area (Å²) in [6.45, 7) is 5.43. The largest absolute Gasteiger partial charge is 0.494 e. The molecule has 2 aliphatic rings. The normalized spacial score (nSPS) is 22.0. The highest BCUT2D eigenvalue weighted by Crippen LogP contribution is 2.26. The molecule has 1 fully saturated rings. The number of amides is 1. The van der Waals surface area contributed by atoms with Crippen molar-refractivity contribution in [1.29, 1.82) is 0 Å². The average molecular weight is 288 g/mol. The van der Waals surface area contributed by atoms with Crippen molar-refractivity contribution >= 4 is 11.6 Å². The third-order valence-corrected chi connectivity index (χ3v) is 4.52. The minimum absolute atomic E-state index is 0.107. The molecule has 1 N–H and O–H groups in total. The lowest BCUT2D eigenvalue weighted by Crippen LogP contribution is -2.28. The highest BCUT2D eigenvalue weighted by Gasteiger charge is 2.19. The number of nitrogens with one attached hydrogen (secondary N) is 1. The van der Waals surface area contributed by atoms with Crippen LogP contribution in [0.15, 0.2) is 18.2 Å². The molecule has 2 heterocycles. The molecule has 1 atom stereocenters. The Balaban J connectivity index is 1.46. The smallest absolute Gasteiger partial charge is 0.224 e. The number of nitrogens with zero attached hydrogens (tertiary/aromatic N) is 1. The molecule has 0 bridgehead atoms. The summed E-state index contributed by atoms with van der Waals surface area (Å²) in [6, 6.07) is 6.69. The van der Waals surface area contributed by atoms with Gasteiger partial charge in [-0.3, -0.25) is 4.79 Å². The number of anilines is 1. The van der Waals surface area contributed by atoms with E-state index in [1.807, 2.05) is 12.1 Å². The van der Waals surface area contributed by atoms with Crippen molar-refractivity contribution < 1.29 is 9.53 Å². The average Bonchev–Trinajstić information content (AvgIpc) is 2.89. The van der Waals surface area contributed by atoms with Crippen molar-refractivity contribution in [2.75, 3.05) is 25.0 Å². The minimum Gasteiger partial charge on any atom is -0.494 e. The summed E-state index contributed by atoms with van der Waals surface area (Å²) in [6.07, 6.45) is 5.11. The van der Waals surface area contributed by atoms with Gasteiger partial charge in [0.25, 0.3) is 0 Å². The Morgan fingerprint density at radius 3 is 3.10 bits per heavy atom. The lowest BCUT2D eigenvalue weighted by atomic mass is 10.0. The van der Waals surface area contributed by atoms with E-state index in [1.165, 1.54) is 24.9 Å². The summed E-state index contributed by atoms with van der Waals surface area (Å²) in [5.74, 6) is 1.02. The number of aryl methyl sites for hydroxylation is 1. The van der Waals surface area contributed by atoms with Crippen LogP contribution in [0.1, 0.15) is 38.2 Å². The number of ether oxygens (including phenoxy) is 1. The Hall–Kier alpha value is -1.55. The van der Waals surface area contributed by atoms with Crippen molar-refractivity contribution in [3.05, 3.63) is 23.8 Å². The second-order valence-corrected chi connectivity index (χ2v) is 6.10. The monoisotopic (exact) mass is 288 g/mol. The van der Waals surface area contributed by atoms with E-state index in [0.717, 1.165) is 43.5 Å². The minimum atomic E-state index is 0.107. The second kappa shape index (κ2) is 6.48. The first-order valence-corrected chi connectivity index (χ1v) is 8.02. The molecule has 4 nitrogen and oxygen atoms in total. The molecule has 0 saturated carbocycles. The maximum Gasteiger partial charge on any atom is 0.224 e. The van der Waals surface area contributed by atoms with Gasteiger partial charge in [-0.25, -0.2) is 0 Å². The number of rotatable bonds is 5. The zero-order valence-electron chi connectivity index (χ0n) is 12.7. The van der Waals surface area contributed by atoms with Crippen LogP contribution in [0, 0.1) is 0 Å². The van der Waals surface area contributed by atoms with Crippen LogP contribution >= 0.6 is 0 Å². The van der Waals surface area contributed by atoms with Crippen LogP contribution in [0.5, 0.6) is 5.75 Å². The van der Waals surface area contributed by atoms with E-state index < -0.39 is 0 Å². The van der Waals surface area contributed by atoms with E-state index in [2.05, 4.69) is 23.2 Å². The van der Waals surface area contributed by atoms with Gasteiger partial charge in [-0.2, -0.15) is 0 Å². The molecule has 21 heavy (non-hydrogen) atoms. The lowest BCUT2D eigenvalue weighted by Gasteiger charge is -2.21. The zero-order chi connectivity index (χ0) is 14.7. The van der Waals surface area contributed by atoms with Crippen molar-refractivity contribution in [1.82, 2.24) is 4.90 Å². The molecular weight excluding hydrogens is 264 g/mol. The molecule has 1 unspecified atom stereocenters. The molecular formula is C17H24N2O2. The van der Waals surface area contributed by atoms with Gasteiger partial charge in [0.15, 0.2) is 0 Å². The molecule has 0 aliphatic carbocycles. The zero-order valence-corrected chi connectivity index (χ0v) is 12.7. The lowest BCUT2D eigenvalue weighted by molar-refractivity contribution is -0.116. The fourth-order valence-corrected chi connectivity index (χ4v) is 3.23. The Morgan fingerprint density at radius 1 is 1.38 bits per heavy atom. The van der Waals surface area contributed by atoms with Gasteiger partial charge >= 0.3 is 0 Å². The summed E-state index contributed by atoms with van der Waals surface area (Å²) < 4.78 is 5.85. The first-order chi connectivity index (χ1) is 10.2. The van der Waals surface area contributed by atoms with Gasteiger partial charge in [0.1, 0.15) is 5.75 Å². The molecule has 0 aromatic heterocycles. The quantitative estimate of drug-likeness (QED) is 0.847. The van der Waals surface area contributed by atoms with Crippen molar-refractivity contribution in [2.45, 2.75) is 45.1 Å². The molecule has 114 valence electrons. The number of carbonyl (C=O) groups excluding carboxylic acids is 1. The predicted octanol–water partition coefficient (Wildman–Crippen LogP) is 2.82. The van der Waals surface area contributed by atoms with Crippen LogP contribution in [0.3, 0.4) is 0 Å². The molecule has 4 heteroatoms. The molecule has 1 saturated heterocycles. The third-order valence-electron chi connectivity index (χ3n) is 4.52. The van der Waals surface area contributed by atoms with E-state index in [1.54, 1.807) is 0 Å². The van der Waals surface area contributed by atoms with Crippen molar-refractivity contribution in [3.63, 3.8) is 0 Å². The number of likely N-dealkylation sites (tertiary alicyclic amines) is 1. The SMILES string of the molecule is CC1CCCN1CCCOc1ccc2c(c1)CCC(=O)N2. The van der Waals surface area contributed by atoms with E-state index in [4.69, 9.17) is 4.74 Å². The number of hydrogen-bond acceptors (Lipinski definition) is 3. The summed E-state index contributed by atoms with van der Waals surface area (Å²) >= 11 is 0. The maximum atomic E-state index is 11.3. The summed E-state index contributed by atoms with van der Waals surface area (Å²) in [7, 11) is 0. The number of fused-ring (bicyclic) bond motifs is 1. The van der Waals surface area contributed by atoms with Crippen LogP contribution in [0.4, 0.5) is 5.69 Å². The summed E-state index contributed by atoms with van der Waals surface area (Å²) in [5.41, 5.74) is 2.12. The van der Waals surface area contributed by atoms with Crippen molar-refractivity contribution in [3.8, 4) is 5.75 Å². The Morgan fingerprint density at radius 2 is 2.29 bits per heavy atom. The topological polar surface area (TPSA) is 41.6 Å². The molecule has 1 aromatic rings. The summed E-state index contributed by atoms with van der Waals surface area (Å²) in [4.78, 5) is 13.9. The first kappa shape index (κ1) is 14.4. The fraction of sp³-hybridized carbons (Fsp3) is 0.588. The molecule has 1 amide bonds. The highest BCUT2D eigenvalue weighted by atomic mass is 16.5. The first-order valence-electron chi connectivity index (χ1n) is 8.02. The van der Waals surface area contributed by atoms with Gasteiger partial charge in [0, 0.05) is 24.7 Å². The van der Waals surface area contributed by atoms with Crippen LogP contribution in [0.25, 0.3) is 0 Å². The molecule has 3 rings (SSSR count). The fourth-order valence-electron chi connectivity index (χ4n) is 3.23. The van der Waals surface area contributed by atoms with Crippen LogP contribution in [0.2, 0.25) is 0 Å². The highest BCUT2D eigenvalue weighted by molar-refractivity contribution is 5.93. The Kier molecular flexibility index (Phi) is 4.44. The number of benzene rings is 1. The van der Waals surface area contributed by atoms with Crippen LogP contribution in [-0.2, 0) is 11.2 Å². The van der Waals surface area contributed by atoms with Crippen LogP contribution in [-0.4, -0.2) is 36.5 Å². The van der Waals surface area contributed by atoms with E-state index in [9.17, 15) is 4.79 Å². The van der Waals surface area contributed by atoms with E-state index in [-0.39, 0.29) is 5.91 Å². The molecule has 2 aliphatic heterocycles. The van der Waals surface area contributed by atoms with Crippen LogP contribution < -0.4 is 10.1 Å². The van der Waals surface area contributed by atoms with E-state index in [0.29, 0.717) is 6.42 Å². The predicted molar refractivity (Wildman–Crippen MR) is 83.8 cm³/mol. The van der Waals surface area contributed by atoms with Crippen molar-refractivity contribution in [2.24, 2.45) is 0 Å². The van der Waals surface area contributed by atoms with E-state index >= 15 is 0 Å². The number of hydrogen-bond donors (Lipinski definition) is 1. The summed E-state index contributed by atoms with van der Waals surface area (Å²) in [5, 5.41) is 2.90. The van der Waals surface area contributed by atoms with Gasteiger partial charge in [-0.1, -0.05) is 0 Å². The standard InChI is InChI=1S/C17H24N2O2/c1-13-4-2-9-19(13)10-3-11-21-15-6-7-16-14(12-15)5-8-17(20)18-16/h6-7,12-13H,2-5,8-11H2,1H3,(H,18,20). The third kappa shape index (κ3) is 3.56. The molecule has 0 spiro atoms. The maximum absolute atomic E-state index is 11.3. The van der Waals surface area contributed by atoms with Gasteiger partial charge < -0.3 is 15.0 Å². The Labute approximate surface area is 126 Å². The molecule has 1 aromatic carbocycles. The molecule has 0 radical (unpaired) electrons.